The minimum atomic E-state index is -0.871. The van der Waals surface area contributed by atoms with Crippen molar-refractivity contribution in [2.24, 2.45) is 10.9 Å². The van der Waals surface area contributed by atoms with Crippen LogP contribution in [0, 0.1) is 12.8 Å². The van der Waals surface area contributed by atoms with Crippen LogP contribution in [-0.2, 0) is 18.0 Å². The predicted molar refractivity (Wildman–Crippen MR) is 109 cm³/mol. The van der Waals surface area contributed by atoms with E-state index >= 15 is 0 Å². The highest BCUT2D eigenvalue weighted by atomic mass is 16.5. The van der Waals surface area contributed by atoms with Crippen LogP contribution in [0.2, 0.25) is 0 Å². The van der Waals surface area contributed by atoms with Crippen LogP contribution in [-0.4, -0.2) is 47.4 Å². The Balaban J connectivity index is 2.04. The van der Waals surface area contributed by atoms with E-state index in [0.717, 1.165) is 22.6 Å². The van der Waals surface area contributed by atoms with Gasteiger partial charge in [-0.25, -0.2) is 0 Å². The van der Waals surface area contributed by atoms with Gasteiger partial charge in [-0.2, -0.15) is 0 Å². The molecule has 0 saturated carbocycles. The summed E-state index contributed by atoms with van der Waals surface area (Å²) in [5.74, 6) is 1.38. The molecule has 0 spiro atoms. The summed E-state index contributed by atoms with van der Waals surface area (Å²) < 4.78 is 11.6. The van der Waals surface area contributed by atoms with Crippen molar-refractivity contribution < 1.29 is 24.8 Å². The number of aryl methyl sites for hydroxylation is 1. The van der Waals surface area contributed by atoms with Crippen LogP contribution in [0.3, 0.4) is 0 Å². The monoisotopic (exact) mass is 389 g/mol. The van der Waals surface area contributed by atoms with Crippen molar-refractivity contribution in [1.29, 1.82) is 0 Å². The summed E-state index contributed by atoms with van der Waals surface area (Å²) in [4.78, 5) is 4.31. The molecule has 2 rings (SSSR count). The van der Waals surface area contributed by atoms with E-state index in [1.807, 2.05) is 13.8 Å². The predicted octanol–water partition coefficient (Wildman–Crippen LogP) is 2.68. The number of allylic oxidation sites excluding steroid dienone is 4. The first-order valence-corrected chi connectivity index (χ1v) is 9.52. The number of nitrogens with zero attached hydrogens (tertiary/aromatic N) is 1. The highest BCUT2D eigenvalue weighted by Crippen LogP contribution is 2.27. The third-order valence-corrected chi connectivity index (χ3v) is 4.88. The Morgan fingerprint density at radius 1 is 1.11 bits per heavy atom. The third-order valence-electron chi connectivity index (χ3n) is 4.88. The van der Waals surface area contributed by atoms with E-state index in [2.05, 4.69) is 24.1 Å². The van der Waals surface area contributed by atoms with E-state index in [1.165, 1.54) is 0 Å². The van der Waals surface area contributed by atoms with E-state index in [9.17, 15) is 15.3 Å². The van der Waals surface area contributed by atoms with E-state index in [0.29, 0.717) is 23.3 Å². The molecule has 1 aromatic carbocycles. The number of benzene rings is 1. The molecule has 3 N–H and O–H groups in total. The van der Waals surface area contributed by atoms with Crippen molar-refractivity contribution in [3.05, 3.63) is 52.3 Å². The van der Waals surface area contributed by atoms with Gasteiger partial charge in [-0.3, -0.25) is 4.99 Å². The summed E-state index contributed by atoms with van der Waals surface area (Å²) in [5.41, 5.74) is 4.02. The highest BCUT2D eigenvalue weighted by Gasteiger charge is 2.19. The Labute approximate surface area is 166 Å². The zero-order valence-corrected chi connectivity index (χ0v) is 17.1. The van der Waals surface area contributed by atoms with Gasteiger partial charge in [0.05, 0.1) is 18.9 Å². The van der Waals surface area contributed by atoms with Gasteiger partial charge in [-0.05, 0) is 25.3 Å². The molecule has 2 unspecified atom stereocenters. The molecule has 0 amide bonds. The number of hydrogen-bond acceptors (Lipinski definition) is 6. The van der Waals surface area contributed by atoms with Crippen LogP contribution < -0.4 is 4.74 Å². The summed E-state index contributed by atoms with van der Waals surface area (Å²) in [6.07, 6.45) is 4.03. The molecular weight excluding hydrogens is 358 g/mol. The Hall–Kier alpha value is -2.15. The highest BCUT2D eigenvalue weighted by molar-refractivity contribution is 6.00. The fraction of sp³-hybridized carbons (Fsp3) is 0.500. The summed E-state index contributed by atoms with van der Waals surface area (Å²) >= 11 is 0. The minimum Gasteiger partial charge on any atom is -0.490 e. The molecule has 0 saturated heterocycles. The van der Waals surface area contributed by atoms with Crippen LogP contribution >= 0.6 is 0 Å². The van der Waals surface area contributed by atoms with Crippen molar-refractivity contribution in [3.63, 3.8) is 0 Å². The second-order valence-electron chi connectivity index (χ2n) is 7.11. The average molecular weight is 389 g/mol. The third kappa shape index (κ3) is 5.44. The Kier molecular flexibility index (Phi) is 8.23. The lowest BCUT2D eigenvalue weighted by molar-refractivity contribution is 0.0398. The van der Waals surface area contributed by atoms with Crippen LogP contribution in [0.4, 0.5) is 0 Å². The molecule has 0 aliphatic heterocycles. The summed E-state index contributed by atoms with van der Waals surface area (Å²) in [6.45, 7) is 5.63. The van der Waals surface area contributed by atoms with Crippen LogP contribution in [0.1, 0.15) is 37.0 Å². The maximum absolute atomic E-state index is 10.4. The van der Waals surface area contributed by atoms with E-state index in [-0.39, 0.29) is 32.3 Å². The lowest BCUT2D eigenvalue weighted by Crippen LogP contribution is -2.25. The lowest BCUT2D eigenvalue weighted by Gasteiger charge is -2.20. The van der Waals surface area contributed by atoms with Gasteiger partial charge in [0.15, 0.2) is 0 Å². The van der Waals surface area contributed by atoms with Crippen molar-refractivity contribution in [2.75, 3.05) is 20.3 Å². The quantitative estimate of drug-likeness (QED) is 0.595. The van der Waals surface area contributed by atoms with Crippen LogP contribution in [0.25, 0.3) is 0 Å². The second-order valence-corrected chi connectivity index (χ2v) is 7.11. The molecule has 1 aromatic rings. The standard InChI is InChI=1S/C22H31NO5/c1-14-8-17(10-24)22(18(9-14)11-25)28-13-19(26)12-27-21-16(3)15(2)6-5-7-20(21)23-4/h5-6,8-9,15,19,24-26H,7,10-13H2,1-4H3. The van der Waals surface area contributed by atoms with Gasteiger partial charge >= 0.3 is 0 Å². The van der Waals surface area contributed by atoms with Crippen LogP contribution in [0.15, 0.2) is 40.6 Å². The van der Waals surface area contributed by atoms with Crippen LogP contribution in [0.5, 0.6) is 5.75 Å². The van der Waals surface area contributed by atoms with Crippen molar-refractivity contribution in [1.82, 2.24) is 0 Å². The first-order valence-electron chi connectivity index (χ1n) is 9.52. The zero-order chi connectivity index (χ0) is 20.7. The van der Waals surface area contributed by atoms with Crippen molar-refractivity contribution in [2.45, 2.75) is 46.5 Å². The Morgan fingerprint density at radius 3 is 2.29 bits per heavy atom. The summed E-state index contributed by atoms with van der Waals surface area (Å²) in [6, 6.07) is 3.60. The molecule has 2 atom stereocenters. The minimum absolute atomic E-state index is 0.0121. The fourth-order valence-electron chi connectivity index (χ4n) is 3.20. The van der Waals surface area contributed by atoms with E-state index in [4.69, 9.17) is 9.47 Å². The number of rotatable bonds is 8. The number of ether oxygens (including phenoxy) is 2. The van der Waals surface area contributed by atoms with Gasteiger partial charge in [0.1, 0.15) is 30.8 Å². The van der Waals surface area contributed by atoms with Gasteiger partial charge in [0.2, 0.25) is 0 Å². The SMILES string of the molecule is CN=C1CC=CC(C)C(C)=C1OCC(O)COc1c(CO)cc(C)cc1CO. The zero-order valence-electron chi connectivity index (χ0n) is 17.1. The molecular formula is C22H31NO5. The average Bonchev–Trinajstić information content (AvgIpc) is 2.82. The normalized spacial score (nSPS) is 19.7. The largest absolute Gasteiger partial charge is 0.490 e. The van der Waals surface area contributed by atoms with E-state index in [1.54, 1.807) is 19.2 Å². The maximum Gasteiger partial charge on any atom is 0.140 e. The molecule has 1 aliphatic rings. The van der Waals surface area contributed by atoms with Crippen molar-refractivity contribution >= 4 is 5.71 Å². The Bertz CT molecular complexity index is 741. The number of aliphatic hydroxyl groups excluding tert-OH is 3. The maximum atomic E-state index is 10.4. The molecule has 6 heteroatoms. The molecule has 28 heavy (non-hydrogen) atoms. The summed E-state index contributed by atoms with van der Waals surface area (Å²) in [5, 5.41) is 29.5. The Morgan fingerprint density at radius 2 is 1.71 bits per heavy atom. The van der Waals surface area contributed by atoms with Gasteiger partial charge < -0.3 is 24.8 Å². The first kappa shape index (κ1) is 22.1. The fourth-order valence-corrected chi connectivity index (χ4v) is 3.20. The first-order chi connectivity index (χ1) is 13.4. The van der Waals surface area contributed by atoms with E-state index < -0.39 is 6.10 Å². The molecule has 154 valence electrons. The smallest absolute Gasteiger partial charge is 0.140 e. The van der Waals surface area contributed by atoms with Gasteiger partial charge in [0, 0.05) is 24.6 Å². The van der Waals surface area contributed by atoms with Gasteiger partial charge in [-0.1, -0.05) is 36.8 Å². The number of aliphatic hydroxyl groups is 3. The molecule has 0 aromatic heterocycles. The lowest BCUT2D eigenvalue weighted by atomic mass is 10.0. The molecule has 0 heterocycles. The second kappa shape index (κ2) is 10.4. The van der Waals surface area contributed by atoms with Gasteiger partial charge in [-0.15, -0.1) is 0 Å². The van der Waals surface area contributed by atoms with Gasteiger partial charge in [0.25, 0.3) is 0 Å². The topological polar surface area (TPSA) is 91.5 Å². The molecule has 0 fully saturated rings. The molecule has 1 aliphatic carbocycles. The molecule has 0 bridgehead atoms. The summed E-state index contributed by atoms with van der Waals surface area (Å²) in [7, 11) is 1.74. The number of hydrogen-bond donors (Lipinski definition) is 3. The number of aliphatic imine (C=N–C) groups is 1. The molecule has 6 nitrogen and oxygen atoms in total. The molecule has 0 radical (unpaired) electrons. The van der Waals surface area contributed by atoms with Crippen molar-refractivity contribution in [3.8, 4) is 5.75 Å².